The fourth-order valence-electron chi connectivity index (χ4n) is 1.42. The van der Waals surface area contributed by atoms with Gasteiger partial charge in [-0.2, -0.15) is 5.26 Å². The largest absolute Gasteiger partial charge is 0.397 e. The highest BCUT2D eigenvalue weighted by Crippen LogP contribution is 2.25. The second-order valence-electron chi connectivity index (χ2n) is 5.05. The quantitative estimate of drug-likeness (QED) is 0.645. The van der Waals surface area contributed by atoms with Crippen LogP contribution >= 0.6 is 15.9 Å². The van der Waals surface area contributed by atoms with E-state index in [2.05, 4.69) is 28.2 Å². The molecule has 0 heterocycles. The van der Waals surface area contributed by atoms with Gasteiger partial charge in [0.15, 0.2) is 5.78 Å². The number of hydrogen-bond donors (Lipinski definition) is 2. The van der Waals surface area contributed by atoms with Crippen LogP contribution in [0.2, 0.25) is 0 Å². The molecule has 0 saturated carbocycles. The standard InChI is InChI=1S/C14H18BrN3O/c1-4-14(2,3)18-8-12(19)9-5-10(7-16)13(17)11(15)6-9/h5-6,18H,4,8,17H2,1-3H3. The molecule has 0 atom stereocenters. The zero-order valence-electron chi connectivity index (χ0n) is 11.4. The first-order chi connectivity index (χ1) is 8.80. The van der Waals surface area contributed by atoms with E-state index < -0.39 is 0 Å². The van der Waals surface area contributed by atoms with Crippen LogP contribution in [0, 0.1) is 11.3 Å². The third-order valence-electron chi connectivity index (χ3n) is 3.18. The summed E-state index contributed by atoms with van der Waals surface area (Å²) in [6, 6.07) is 5.17. The number of nitrogens with zero attached hydrogens (tertiary/aromatic N) is 1. The summed E-state index contributed by atoms with van der Waals surface area (Å²) in [5.41, 5.74) is 6.80. The van der Waals surface area contributed by atoms with Gasteiger partial charge in [-0.05, 0) is 48.3 Å². The maximum atomic E-state index is 12.1. The van der Waals surface area contributed by atoms with Crippen molar-refractivity contribution in [1.82, 2.24) is 5.32 Å². The van der Waals surface area contributed by atoms with Crippen molar-refractivity contribution in [3.63, 3.8) is 0 Å². The molecule has 1 aromatic carbocycles. The van der Waals surface area contributed by atoms with Crippen molar-refractivity contribution in [2.75, 3.05) is 12.3 Å². The number of anilines is 1. The molecule has 3 N–H and O–H groups in total. The lowest BCUT2D eigenvalue weighted by atomic mass is 10.0. The highest BCUT2D eigenvalue weighted by Gasteiger charge is 2.17. The second kappa shape index (κ2) is 6.18. The third-order valence-corrected chi connectivity index (χ3v) is 3.84. The lowest BCUT2D eigenvalue weighted by molar-refractivity contribution is 0.0980. The minimum Gasteiger partial charge on any atom is -0.397 e. The zero-order chi connectivity index (χ0) is 14.6. The Morgan fingerprint density at radius 2 is 2.16 bits per heavy atom. The summed E-state index contributed by atoms with van der Waals surface area (Å²) in [6.07, 6.45) is 0.926. The first kappa shape index (κ1) is 15.7. The molecule has 1 rings (SSSR count). The minimum atomic E-state index is -0.0846. The topological polar surface area (TPSA) is 78.9 Å². The zero-order valence-corrected chi connectivity index (χ0v) is 13.0. The Bertz CT molecular complexity index is 532. The average molecular weight is 324 g/mol. The van der Waals surface area contributed by atoms with Crippen molar-refractivity contribution in [3.05, 3.63) is 27.7 Å². The van der Waals surface area contributed by atoms with Crippen LogP contribution in [-0.2, 0) is 0 Å². The Balaban J connectivity index is 2.90. The third kappa shape index (κ3) is 4.05. The molecule has 0 aliphatic carbocycles. The SMILES string of the molecule is CCC(C)(C)NCC(=O)c1cc(Br)c(N)c(C#N)c1. The average Bonchev–Trinajstić information content (AvgIpc) is 2.39. The predicted octanol–water partition coefficient (Wildman–Crippen LogP) is 2.86. The number of rotatable bonds is 5. The number of nitrogen functional groups attached to an aromatic ring is 1. The maximum Gasteiger partial charge on any atom is 0.176 e. The Labute approximate surface area is 122 Å². The summed E-state index contributed by atoms with van der Waals surface area (Å²) in [6.45, 7) is 6.38. The molecule has 0 fully saturated rings. The van der Waals surface area contributed by atoms with Crippen LogP contribution in [0.5, 0.6) is 0 Å². The number of ketones is 1. The number of nitriles is 1. The van der Waals surface area contributed by atoms with Crippen molar-refractivity contribution in [2.24, 2.45) is 0 Å². The molecule has 0 unspecified atom stereocenters. The lowest BCUT2D eigenvalue weighted by Crippen LogP contribution is -2.41. The van der Waals surface area contributed by atoms with Crippen LogP contribution in [0.4, 0.5) is 5.69 Å². The summed E-state index contributed by atoms with van der Waals surface area (Å²) in [5.74, 6) is -0.0567. The smallest absolute Gasteiger partial charge is 0.176 e. The highest BCUT2D eigenvalue weighted by atomic mass is 79.9. The monoisotopic (exact) mass is 323 g/mol. The van der Waals surface area contributed by atoms with Crippen molar-refractivity contribution >= 4 is 27.4 Å². The van der Waals surface area contributed by atoms with Gasteiger partial charge >= 0.3 is 0 Å². The predicted molar refractivity (Wildman–Crippen MR) is 80.0 cm³/mol. The summed E-state index contributed by atoms with van der Waals surface area (Å²) < 4.78 is 0.574. The molecule has 4 nitrogen and oxygen atoms in total. The van der Waals surface area contributed by atoms with Gasteiger partial charge < -0.3 is 11.1 Å². The molecule has 0 aromatic heterocycles. The van der Waals surface area contributed by atoms with Gasteiger partial charge in [0.2, 0.25) is 0 Å². The van der Waals surface area contributed by atoms with Gasteiger partial charge in [-0.25, -0.2) is 0 Å². The number of nitrogens with two attached hydrogens (primary N) is 1. The Hall–Kier alpha value is -1.38. The van der Waals surface area contributed by atoms with E-state index in [0.717, 1.165) is 6.42 Å². The van der Waals surface area contributed by atoms with Crippen molar-refractivity contribution in [1.29, 1.82) is 5.26 Å². The first-order valence-corrected chi connectivity index (χ1v) is 6.87. The van der Waals surface area contributed by atoms with Crippen LogP contribution in [-0.4, -0.2) is 17.9 Å². The molecule has 5 heteroatoms. The fraction of sp³-hybridized carbons (Fsp3) is 0.429. The number of halogens is 1. The molecule has 0 radical (unpaired) electrons. The first-order valence-electron chi connectivity index (χ1n) is 6.08. The van der Waals surface area contributed by atoms with Crippen LogP contribution < -0.4 is 11.1 Å². The molecule has 0 bridgehead atoms. The van der Waals surface area contributed by atoms with Gasteiger partial charge in [-0.15, -0.1) is 0 Å². The van der Waals surface area contributed by atoms with Gasteiger partial charge in [0.25, 0.3) is 0 Å². The van der Waals surface area contributed by atoms with Crippen LogP contribution in [0.25, 0.3) is 0 Å². The Morgan fingerprint density at radius 3 is 2.68 bits per heavy atom. The fourth-order valence-corrected chi connectivity index (χ4v) is 1.88. The van der Waals surface area contributed by atoms with Crippen molar-refractivity contribution in [2.45, 2.75) is 32.7 Å². The number of benzene rings is 1. The molecule has 1 aromatic rings. The molecule has 0 spiro atoms. The summed E-state index contributed by atoms with van der Waals surface area (Å²) in [4.78, 5) is 12.1. The molecule has 19 heavy (non-hydrogen) atoms. The van der Waals surface area contributed by atoms with E-state index in [4.69, 9.17) is 11.0 Å². The maximum absolute atomic E-state index is 12.1. The van der Waals surface area contributed by atoms with Crippen LogP contribution in [0.1, 0.15) is 43.1 Å². The van der Waals surface area contributed by atoms with Crippen molar-refractivity contribution < 1.29 is 4.79 Å². The Morgan fingerprint density at radius 1 is 1.53 bits per heavy atom. The molecule has 0 amide bonds. The second-order valence-corrected chi connectivity index (χ2v) is 5.90. The minimum absolute atomic E-state index is 0.0567. The van der Waals surface area contributed by atoms with E-state index in [1.807, 2.05) is 19.9 Å². The van der Waals surface area contributed by atoms with Gasteiger partial charge in [0.05, 0.1) is 17.8 Å². The van der Waals surface area contributed by atoms with Crippen LogP contribution in [0.15, 0.2) is 16.6 Å². The summed E-state index contributed by atoms with van der Waals surface area (Å²) in [5, 5.41) is 12.2. The van der Waals surface area contributed by atoms with E-state index in [0.29, 0.717) is 21.3 Å². The lowest BCUT2D eigenvalue weighted by Gasteiger charge is -2.24. The summed E-state index contributed by atoms with van der Waals surface area (Å²) in [7, 11) is 0. The molecular weight excluding hydrogens is 306 g/mol. The molecule has 0 aliphatic heterocycles. The van der Waals surface area contributed by atoms with E-state index in [9.17, 15) is 4.79 Å². The normalized spacial score (nSPS) is 11.1. The van der Waals surface area contributed by atoms with E-state index in [-0.39, 0.29) is 17.9 Å². The van der Waals surface area contributed by atoms with E-state index >= 15 is 0 Å². The number of carbonyl (C=O) groups excluding carboxylic acids is 1. The number of hydrogen-bond acceptors (Lipinski definition) is 4. The Kier molecular flexibility index (Phi) is 5.10. The molecular formula is C14H18BrN3O. The van der Waals surface area contributed by atoms with Gasteiger partial charge in [0, 0.05) is 15.6 Å². The number of carbonyl (C=O) groups is 1. The molecule has 0 aliphatic rings. The van der Waals surface area contributed by atoms with Crippen molar-refractivity contribution in [3.8, 4) is 6.07 Å². The summed E-state index contributed by atoms with van der Waals surface area (Å²) >= 11 is 3.26. The molecule has 102 valence electrons. The molecule has 0 saturated heterocycles. The van der Waals surface area contributed by atoms with Gasteiger partial charge in [-0.3, -0.25) is 4.79 Å². The van der Waals surface area contributed by atoms with Gasteiger partial charge in [0.1, 0.15) is 6.07 Å². The number of Topliss-reactive ketones (excluding diaryl/α,β-unsaturated/α-hetero) is 1. The van der Waals surface area contributed by atoms with E-state index in [1.165, 1.54) is 6.07 Å². The van der Waals surface area contributed by atoms with Gasteiger partial charge in [-0.1, -0.05) is 6.92 Å². The van der Waals surface area contributed by atoms with E-state index in [1.54, 1.807) is 6.07 Å². The number of nitrogens with one attached hydrogen (secondary N) is 1. The van der Waals surface area contributed by atoms with Crippen LogP contribution in [0.3, 0.4) is 0 Å². The highest BCUT2D eigenvalue weighted by molar-refractivity contribution is 9.10.